The van der Waals surface area contributed by atoms with Crippen molar-refractivity contribution in [3.05, 3.63) is 60.3 Å². The molecular formula is C19H16F3NO5S. The Kier molecular flexibility index (Phi) is 5.56. The summed E-state index contributed by atoms with van der Waals surface area (Å²) in [5.74, 6) is -1.20. The number of esters is 1. The lowest BCUT2D eigenvalue weighted by Crippen LogP contribution is -2.20. The third-order valence-corrected chi connectivity index (χ3v) is 5.82. The van der Waals surface area contributed by atoms with Crippen LogP contribution in [0.2, 0.25) is 0 Å². The Morgan fingerprint density at radius 1 is 1.10 bits per heavy atom. The maximum Gasteiger partial charge on any atom is 0.573 e. The third kappa shape index (κ3) is 4.70. The molecule has 0 saturated carbocycles. The summed E-state index contributed by atoms with van der Waals surface area (Å²) in [7, 11) is -4.13. The zero-order valence-electron chi connectivity index (χ0n) is 15.1. The second kappa shape index (κ2) is 7.78. The van der Waals surface area contributed by atoms with Crippen LogP contribution in [0.3, 0.4) is 0 Å². The van der Waals surface area contributed by atoms with E-state index >= 15 is 0 Å². The first-order chi connectivity index (χ1) is 13.6. The van der Waals surface area contributed by atoms with Gasteiger partial charge in [-0.25, -0.2) is 8.42 Å². The molecule has 0 aliphatic rings. The van der Waals surface area contributed by atoms with E-state index < -0.39 is 33.4 Å². The van der Waals surface area contributed by atoms with E-state index in [9.17, 15) is 26.4 Å². The van der Waals surface area contributed by atoms with Crippen molar-refractivity contribution in [1.29, 1.82) is 0 Å². The van der Waals surface area contributed by atoms with E-state index in [2.05, 4.69) is 9.72 Å². The Morgan fingerprint density at radius 2 is 1.79 bits per heavy atom. The number of nitrogens with one attached hydrogen (secondary N) is 1. The van der Waals surface area contributed by atoms with E-state index in [0.29, 0.717) is 5.52 Å². The quantitative estimate of drug-likeness (QED) is 0.586. The molecule has 2 aromatic carbocycles. The fraction of sp³-hybridized carbons (Fsp3) is 0.211. The van der Waals surface area contributed by atoms with E-state index in [1.807, 2.05) is 0 Å². The number of hydrogen-bond donors (Lipinski definition) is 1. The minimum atomic E-state index is -4.86. The molecule has 0 aliphatic heterocycles. The Labute approximate surface area is 164 Å². The smallest absolute Gasteiger partial charge is 0.439 e. The topological polar surface area (TPSA) is 85.5 Å². The highest BCUT2D eigenvalue weighted by Gasteiger charge is 2.34. The van der Waals surface area contributed by atoms with Gasteiger partial charge in [-0.2, -0.15) is 0 Å². The minimum absolute atomic E-state index is 0.00908. The van der Waals surface area contributed by atoms with Crippen LogP contribution in [0.5, 0.6) is 5.75 Å². The Bertz CT molecular complexity index is 1120. The van der Waals surface area contributed by atoms with Crippen LogP contribution >= 0.6 is 0 Å². The summed E-state index contributed by atoms with van der Waals surface area (Å²) >= 11 is 0. The average molecular weight is 427 g/mol. The maximum absolute atomic E-state index is 13.0. The summed E-state index contributed by atoms with van der Waals surface area (Å²) in [5.41, 5.74) is -1.32. The molecule has 6 nitrogen and oxygen atoms in total. The van der Waals surface area contributed by atoms with Crippen molar-refractivity contribution >= 4 is 26.7 Å². The fourth-order valence-corrected chi connectivity index (χ4v) is 4.17. The number of carbonyl (C=O) groups is 1. The normalized spacial score (nSPS) is 13.2. The van der Waals surface area contributed by atoms with Gasteiger partial charge in [-0.1, -0.05) is 25.1 Å². The van der Waals surface area contributed by atoms with Gasteiger partial charge in [0.15, 0.2) is 0 Å². The molecule has 0 radical (unpaired) electrons. The third-order valence-electron chi connectivity index (χ3n) is 3.98. The molecule has 1 atom stereocenters. The van der Waals surface area contributed by atoms with Crippen LogP contribution in [0.4, 0.5) is 13.2 Å². The first kappa shape index (κ1) is 20.7. The van der Waals surface area contributed by atoms with Crippen molar-refractivity contribution in [3.63, 3.8) is 0 Å². The van der Waals surface area contributed by atoms with Crippen LogP contribution < -0.4 is 4.74 Å². The molecular weight excluding hydrogens is 411 g/mol. The van der Waals surface area contributed by atoms with Gasteiger partial charge in [0.05, 0.1) is 10.6 Å². The predicted octanol–water partition coefficient (Wildman–Crippen LogP) is 4.49. The maximum atomic E-state index is 13.0. The molecule has 1 N–H and O–H groups in total. The minimum Gasteiger partial charge on any atom is -0.439 e. The van der Waals surface area contributed by atoms with Gasteiger partial charge < -0.3 is 14.5 Å². The number of aromatic nitrogens is 1. The van der Waals surface area contributed by atoms with Crippen LogP contribution in [0.15, 0.2) is 59.5 Å². The van der Waals surface area contributed by atoms with Crippen LogP contribution in [0, 0.1) is 0 Å². The van der Waals surface area contributed by atoms with Gasteiger partial charge in [-0.15, -0.1) is 13.2 Å². The number of alkyl halides is 3. The van der Waals surface area contributed by atoms with Crippen LogP contribution in [-0.4, -0.2) is 25.7 Å². The number of hydrogen-bond acceptors (Lipinski definition) is 5. The van der Waals surface area contributed by atoms with Gasteiger partial charge in [-0.3, -0.25) is 4.79 Å². The molecule has 3 rings (SSSR count). The summed E-state index contributed by atoms with van der Waals surface area (Å²) in [6, 6.07) is 12.2. The highest BCUT2D eigenvalue weighted by Crippen LogP contribution is 2.34. The molecule has 0 spiro atoms. The highest BCUT2D eigenvalue weighted by atomic mass is 32.2. The molecule has 1 unspecified atom stereocenters. The predicted molar refractivity (Wildman–Crippen MR) is 97.7 cm³/mol. The molecule has 0 amide bonds. The van der Waals surface area contributed by atoms with Gasteiger partial charge in [0, 0.05) is 17.3 Å². The monoisotopic (exact) mass is 427 g/mol. The van der Waals surface area contributed by atoms with E-state index in [1.165, 1.54) is 43.3 Å². The lowest BCUT2D eigenvalue weighted by molar-refractivity contribution is -0.274. The van der Waals surface area contributed by atoms with Crippen LogP contribution in [0.1, 0.15) is 24.5 Å². The molecule has 0 aliphatic carbocycles. The molecule has 29 heavy (non-hydrogen) atoms. The number of carbonyl (C=O) groups excluding carboxylic acids is 1. The summed E-state index contributed by atoms with van der Waals surface area (Å²) in [6.07, 6.45) is -4.91. The standard InChI is InChI=1S/C19H16F3NO5S/c1-2-17(24)27-18(29(25,26)14-6-4-3-5-7-14)16-11-12-10-13(28-19(20,21)22)8-9-15(12)23-16/h3-11,18,23H,2H2,1H3. The molecule has 0 fully saturated rings. The van der Waals surface area contributed by atoms with Crippen molar-refractivity contribution < 1.29 is 35.9 Å². The van der Waals surface area contributed by atoms with Gasteiger partial charge in [0.1, 0.15) is 5.75 Å². The Balaban J connectivity index is 2.06. The van der Waals surface area contributed by atoms with Crippen molar-refractivity contribution in [2.24, 2.45) is 0 Å². The van der Waals surface area contributed by atoms with Gasteiger partial charge in [0.25, 0.3) is 0 Å². The molecule has 154 valence electrons. The Morgan fingerprint density at radius 3 is 2.41 bits per heavy atom. The van der Waals surface area contributed by atoms with Crippen molar-refractivity contribution in [3.8, 4) is 5.75 Å². The van der Waals surface area contributed by atoms with E-state index in [-0.39, 0.29) is 22.4 Å². The average Bonchev–Trinajstić information content (AvgIpc) is 3.07. The number of rotatable bonds is 6. The number of aromatic amines is 1. The summed E-state index contributed by atoms with van der Waals surface area (Å²) in [4.78, 5) is 14.6. The van der Waals surface area contributed by atoms with Gasteiger partial charge in [-0.05, 0) is 36.4 Å². The lowest BCUT2D eigenvalue weighted by Gasteiger charge is -2.17. The number of sulfone groups is 1. The van der Waals surface area contributed by atoms with E-state index in [0.717, 1.165) is 12.1 Å². The van der Waals surface area contributed by atoms with E-state index in [1.54, 1.807) is 6.07 Å². The summed E-state index contributed by atoms with van der Waals surface area (Å²) in [6.45, 7) is 1.51. The number of H-pyrrole nitrogens is 1. The van der Waals surface area contributed by atoms with Crippen LogP contribution in [-0.2, 0) is 19.4 Å². The first-order valence-corrected chi connectivity index (χ1v) is 10.0. The number of ether oxygens (including phenoxy) is 2. The molecule has 1 aromatic heterocycles. The molecule has 1 heterocycles. The second-order valence-electron chi connectivity index (χ2n) is 6.05. The van der Waals surface area contributed by atoms with Crippen molar-refractivity contribution in [1.82, 2.24) is 4.98 Å². The van der Waals surface area contributed by atoms with Gasteiger partial charge >= 0.3 is 12.3 Å². The van der Waals surface area contributed by atoms with Crippen LogP contribution in [0.25, 0.3) is 10.9 Å². The fourth-order valence-electron chi connectivity index (χ4n) is 2.69. The van der Waals surface area contributed by atoms with Crippen molar-refractivity contribution in [2.75, 3.05) is 0 Å². The summed E-state index contributed by atoms with van der Waals surface area (Å²) < 4.78 is 72.4. The van der Waals surface area contributed by atoms with Crippen molar-refractivity contribution in [2.45, 2.75) is 30.0 Å². The number of halogens is 3. The second-order valence-corrected chi connectivity index (χ2v) is 8.04. The summed E-state index contributed by atoms with van der Waals surface area (Å²) in [5, 5.41) is 0.266. The number of benzene rings is 2. The lowest BCUT2D eigenvalue weighted by atomic mass is 10.2. The van der Waals surface area contributed by atoms with Gasteiger partial charge in [0.2, 0.25) is 15.3 Å². The molecule has 3 aromatic rings. The zero-order valence-corrected chi connectivity index (χ0v) is 15.9. The molecule has 10 heteroatoms. The highest BCUT2D eigenvalue weighted by molar-refractivity contribution is 7.91. The number of fused-ring (bicyclic) bond motifs is 1. The Hall–Kier alpha value is -3.01. The van der Waals surface area contributed by atoms with E-state index in [4.69, 9.17) is 4.74 Å². The largest absolute Gasteiger partial charge is 0.573 e. The molecule has 0 saturated heterocycles. The SMILES string of the molecule is CCC(=O)OC(c1cc2cc(OC(F)(F)F)ccc2[nH]1)S(=O)(=O)c1ccccc1. The zero-order chi connectivity index (χ0) is 21.2. The molecule has 0 bridgehead atoms. The first-order valence-electron chi connectivity index (χ1n) is 8.47.